The highest BCUT2D eigenvalue weighted by atomic mass is 16.3. The van der Waals surface area contributed by atoms with Crippen LogP contribution in [0.2, 0.25) is 0 Å². The van der Waals surface area contributed by atoms with E-state index >= 15 is 0 Å². The first-order valence-electron chi connectivity index (χ1n) is 13.2. The Labute approximate surface area is 194 Å². The van der Waals surface area contributed by atoms with Gasteiger partial charge in [-0.2, -0.15) is 0 Å². The van der Waals surface area contributed by atoms with Crippen LogP contribution in [0.1, 0.15) is 92.4 Å². The van der Waals surface area contributed by atoms with Crippen LogP contribution in [0.15, 0.2) is 12.2 Å². The quantitative estimate of drug-likeness (QED) is 0.525. The molecule has 4 aliphatic rings. The summed E-state index contributed by atoms with van der Waals surface area (Å²) in [6.45, 7) is 15.5. The molecular weight excluding hydrogens is 400 g/mol. The smallest absolute Gasteiger partial charge is 0.165 e. The van der Waals surface area contributed by atoms with Gasteiger partial charge >= 0.3 is 0 Å². The van der Waals surface area contributed by atoms with E-state index in [9.17, 15) is 20.1 Å². The largest absolute Gasteiger partial charge is 0.393 e. The van der Waals surface area contributed by atoms with Crippen LogP contribution in [0, 0.1) is 46.3 Å². The fraction of sp³-hybridized carbons (Fsp3) is 0.893. The number of allylic oxidation sites excluding steroid dienone is 1. The fourth-order valence-electron chi connectivity index (χ4n) is 8.97. The Morgan fingerprint density at radius 3 is 2.47 bits per heavy atom. The molecule has 0 bridgehead atoms. The van der Waals surface area contributed by atoms with E-state index in [0.29, 0.717) is 30.1 Å². The third-order valence-electron chi connectivity index (χ3n) is 11.2. The molecule has 10 atom stereocenters. The molecule has 0 aromatic heterocycles. The normalized spacial score (nSPS) is 49.3. The first kappa shape index (κ1) is 24.4. The number of Topliss-reactive ketones (excluding diaryl/α,β-unsaturated/α-hetero) is 1. The molecule has 0 aromatic carbocycles. The van der Waals surface area contributed by atoms with Gasteiger partial charge in [0, 0.05) is 24.7 Å². The Hall–Kier alpha value is -0.710. The molecule has 4 fully saturated rings. The van der Waals surface area contributed by atoms with E-state index in [-0.39, 0.29) is 35.9 Å². The third kappa shape index (κ3) is 3.38. The maximum absolute atomic E-state index is 13.4. The molecule has 0 radical (unpaired) electrons. The van der Waals surface area contributed by atoms with Crippen LogP contribution in [0.25, 0.3) is 0 Å². The zero-order valence-electron chi connectivity index (χ0n) is 20.9. The fourth-order valence-corrected chi connectivity index (χ4v) is 8.97. The number of carbonyl (C=O) groups excluding carboxylic acids is 1. The number of rotatable bonds is 5. The van der Waals surface area contributed by atoms with Crippen molar-refractivity contribution in [1.29, 1.82) is 0 Å². The first-order valence-corrected chi connectivity index (χ1v) is 13.2. The SMILES string of the molecule is C=C(CC[C@@H](C)[C@H]1CC[C@H]2[C@@H]3CC(=O)[C@@]4(O)C[C@@H](O)C[C@@H](O)[C@]4(C)[C@H]3CC[C@]12C)C(C)C. The number of hydrogen-bond acceptors (Lipinski definition) is 4. The average molecular weight is 447 g/mol. The van der Waals surface area contributed by atoms with Crippen LogP contribution in [-0.2, 0) is 4.79 Å². The van der Waals surface area contributed by atoms with Crippen molar-refractivity contribution in [1.82, 2.24) is 0 Å². The van der Waals surface area contributed by atoms with E-state index in [1.807, 2.05) is 6.92 Å². The predicted octanol–water partition coefficient (Wildman–Crippen LogP) is 4.90. The van der Waals surface area contributed by atoms with Crippen LogP contribution in [-0.4, -0.2) is 38.9 Å². The van der Waals surface area contributed by atoms with E-state index in [1.54, 1.807) is 0 Å². The van der Waals surface area contributed by atoms with Gasteiger partial charge in [-0.15, -0.1) is 0 Å². The zero-order valence-corrected chi connectivity index (χ0v) is 20.9. The molecular formula is C28H46O4. The van der Waals surface area contributed by atoms with Crippen LogP contribution < -0.4 is 0 Å². The molecule has 0 spiro atoms. The number of aliphatic hydroxyl groups is 3. The monoisotopic (exact) mass is 446 g/mol. The van der Waals surface area contributed by atoms with Gasteiger partial charge < -0.3 is 15.3 Å². The van der Waals surface area contributed by atoms with Crippen molar-refractivity contribution < 1.29 is 20.1 Å². The lowest BCUT2D eigenvalue weighted by Gasteiger charge is -2.64. The number of carbonyl (C=O) groups is 1. The summed E-state index contributed by atoms with van der Waals surface area (Å²) >= 11 is 0. The molecule has 0 aromatic rings. The highest BCUT2D eigenvalue weighted by molar-refractivity contribution is 5.90. The van der Waals surface area contributed by atoms with Gasteiger partial charge in [0.25, 0.3) is 0 Å². The molecule has 4 aliphatic carbocycles. The second-order valence-corrected chi connectivity index (χ2v) is 12.8. The molecule has 0 saturated heterocycles. The predicted molar refractivity (Wildman–Crippen MR) is 127 cm³/mol. The summed E-state index contributed by atoms with van der Waals surface area (Å²) in [7, 11) is 0. The molecule has 0 aliphatic heterocycles. The van der Waals surface area contributed by atoms with Gasteiger partial charge in [0.05, 0.1) is 12.2 Å². The topological polar surface area (TPSA) is 77.8 Å². The molecule has 4 heteroatoms. The van der Waals surface area contributed by atoms with E-state index in [4.69, 9.17) is 0 Å². The maximum atomic E-state index is 13.4. The minimum atomic E-state index is -1.60. The average Bonchev–Trinajstić information content (AvgIpc) is 3.06. The Balaban J connectivity index is 1.57. The van der Waals surface area contributed by atoms with Crippen molar-refractivity contribution in [2.75, 3.05) is 0 Å². The van der Waals surface area contributed by atoms with Gasteiger partial charge in [-0.1, -0.05) is 46.8 Å². The minimum Gasteiger partial charge on any atom is -0.393 e. The second-order valence-electron chi connectivity index (χ2n) is 12.8. The first-order chi connectivity index (χ1) is 14.9. The van der Waals surface area contributed by atoms with Gasteiger partial charge in [-0.3, -0.25) is 4.79 Å². The number of aliphatic hydroxyl groups excluding tert-OH is 2. The molecule has 32 heavy (non-hydrogen) atoms. The standard InChI is InChI=1S/C28H46O4/c1-16(2)17(3)7-8-18(4)21-9-10-22-20-14-25(31)28(32)15-19(29)13-24(30)27(28,6)23(20)11-12-26(21,22)5/h16,18-24,29-30,32H,3,7-15H2,1-2,4-6H3/t18-,19+,20+,21-,22+,23+,24-,26-,27+,28+/m1/s1. The third-order valence-corrected chi connectivity index (χ3v) is 11.2. The summed E-state index contributed by atoms with van der Waals surface area (Å²) in [6.07, 6.45) is 5.81. The summed E-state index contributed by atoms with van der Waals surface area (Å²) < 4.78 is 0. The Morgan fingerprint density at radius 1 is 1.12 bits per heavy atom. The van der Waals surface area contributed by atoms with Gasteiger partial charge in [-0.25, -0.2) is 0 Å². The number of ketones is 1. The van der Waals surface area contributed by atoms with Gasteiger partial charge in [0.15, 0.2) is 5.78 Å². The maximum Gasteiger partial charge on any atom is 0.165 e. The van der Waals surface area contributed by atoms with Gasteiger partial charge in [0.2, 0.25) is 0 Å². The summed E-state index contributed by atoms with van der Waals surface area (Å²) in [5, 5.41) is 32.9. The molecule has 0 amide bonds. The lowest BCUT2D eigenvalue weighted by Crippen LogP contribution is -2.71. The van der Waals surface area contributed by atoms with Crippen molar-refractivity contribution >= 4 is 5.78 Å². The van der Waals surface area contributed by atoms with Crippen LogP contribution in [0.3, 0.4) is 0 Å². The highest BCUT2D eigenvalue weighted by Gasteiger charge is 2.70. The minimum absolute atomic E-state index is 0.0734. The Bertz CT molecular complexity index is 761. The van der Waals surface area contributed by atoms with E-state index in [0.717, 1.165) is 25.7 Å². The zero-order chi connectivity index (χ0) is 23.6. The molecule has 0 heterocycles. The van der Waals surface area contributed by atoms with Crippen molar-refractivity contribution in [3.8, 4) is 0 Å². The lowest BCUT2D eigenvalue weighted by molar-refractivity contribution is -0.245. The second kappa shape index (κ2) is 8.20. The Kier molecular flexibility index (Phi) is 6.26. The van der Waals surface area contributed by atoms with Crippen molar-refractivity contribution in [3.05, 3.63) is 12.2 Å². The van der Waals surface area contributed by atoms with E-state index in [1.165, 1.54) is 18.4 Å². The highest BCUT2D eigenvalue weighted by Crippen LogP contribution is 2.68. The molecule has 4 saturated carbocycles. The molecule has 3 N–H and O–H groups in total. The lowest BCUT2D eigenvalue weighted by atomic mass is 9.42. The van der Waals surface area contributed by atoms with Crippen LogP contribution in [0.4, 0.5) is 0 Å². The molecule has 0 unspecified atom stereocenters. The number of hydrogen-bond donors (Lipinski definition) is 3. The van der Waals surface area contributed by atoms with Crippen LogP contribution >= 0.6 is 0 Å². The van der Waals surface area contributed by atoms with Gasteiger partial charge in [0.1, 0.15) is 5.60 Å². The van der Waals surface area contributed by atoms with Crippen molar-refractivity contribution in [2.45, 2.75) is 110 Å². The van der Waals surface area contributed by atoms with Crippen LogP contribution in [0.5, 0.6) is 0 Å². The summed E-state index contributed by atoms with van der Waals surface area (Å²) in [5.74, 6) is 2.55. The van der Waals surface area contributed by atoms with Crippen molar-refractivity contribution in [2.24, 2.45) is 46.3 Å². The molecule has 4 rings (SSSR count). The molecule has 182 valence electrons. The van der Waals surface area contributed by atoms with E-state index in [2.05, 4.69) is 34.3 Å². The van der Waals surface area contributed by atoms with Gasteiger partial charge in [-0.05, 0) is 79.4 Å². The summed E-state index contributed by atoms with van der Waals surface area (Å²) in [6, 6.07) is 0. The van der Waals surface area contributed by atoms with E-state index < -0.39 is 23.2 Å². The molecule has 4 nitrogen and oxygen atoms in total. The Morgan fingerprint density at radius 2 is 1.81 bits per heavy atom. The summed E-state index contributed by atoms with van der Waals surface area (Å²) in [5.41, 5.74) is -0.877. The number of fused-ring (bicyclic) bond motifs is 5. The summed E-state index contributed by atoms with van der Waals surface area (Å²) in [4.78, 5) is 13.4. The van der Waals surface area contributed by atoms with Crippen molar-refractivity contribution in [3.63, 3.8) is 0 Å².